The molecule has 0 aliphatic carbocycles. The second-order valence-electron chi connectivity index (χ2n) is 5.11. The van der Waals surface area contributed by atoms with Crippen LogP contribution in [0.15, 0.2) is 59.4 Å². The molecular weight excluding hydrogens is 324 g/mol. The summed E-state index contributed by atoms with van der Waals surface area (Å²) in [5.41, 5.74) is 3.67. The minimum atomic E-state index is 0.265. The first-order chi connectivity index (χ1) is 10.2. The molecule has 21 heavy (non-hydrogen) atoms. The highest BCUT2D eigenvalue weighted by molar-refractivity contribution is 9.10. The molecule has 1 N–H and O–H groups in total. The Kier molecular flexibility index (Phi) is 6.00. The van der Waals surface area contributed by atoms with Gasteiger partial charge >= 0.3 is 0 Å². The van der Waals surface area contributed by atoms with Gasteiger partial charge in [0.25, 0.3) is 0 Å². The molecular formula is C18H21BrN2. The highest BCUT2D eigenvalue weighted by atomic mass is 79.9. The number of nitrogens with zero attached hydrogens (tertiary/aromatic N) is 1. The first-order valence-corrected chi connectivity index (χ1v) is 8.03. The van der Waals surface area contributed by atoms with Gasteiger partial charge in [0, 0.05) is 22.6 Å². The molecule has 110 valence electrons. The van der Waals surface area contributed by atoms with E-state index in [2.05, 4.69) is 82.6 Å². The Morgan fingerprint density at radius 3 is 2.67 bits per heavy atom. The molecule has 3 heteroatoms. The standard InChI is InChI=1S/C18H21BrN2/c1-3-4-5-6-18(16-11-12-20-13-17(16)19)21-15-9-7-14(2)8-10-15/h3-4,7-13,18,21H,5-6H2,1-2H3. The van der Waals surface area contributed by atoms with Crippen molar-refractivity contribution in [3.8, 4) is 0 Å². The van der Waals surface area contributed by atoms with Gasteiger partial charge in [0.05, 0.1) is 6.04 Å². The molecule has 0 aliphatic rings. The van der Waals surface area contributed by atoms with E-state index in [9.17, 15) is 0 Å². The van der Waals surface area contributed by atoms with Crippen LogP contribution >= 0.6 is 15.9 Å². The van der Waals surface area contributed by atoms with E-state index < -0.39 is 0 Å². The van der Waals surface area contributed by atoms with Crippen LogP contribution in [-0.2, 0) is 0 Å². The third kappa shape index (κ3) is 4.71. The first-order valence-electron chi connectivity index (χ1n) is 7.24. The Bertz CT molecular complexity index is 590. The molecule has 0 fully saturated rings. The number of benzene rings is 1. The summed E-state index contributed by atoms with van der Waals surface area (Å²) in [7, 11) is 0. The van der Waals surface area contributed by atoms with Crippen LogP contribution in [0.5, 0.6) is 0 Å². The fourth-order valence-corrected chi connectivity index (χ4v) is 2.78. The second-order valence-corrected chi connectivity index (χ2v) is 5.96. The van der Waals surface area contributed by atoms with Crippen LogP contribution in [0.3, 0.4) is 0 Å². The summed E-state index contributed by atoms with van der Waals surface area (Å²) < 4.78 is 1.05. The lowest BCUT2D eigenvalue weighted by atomic mass is 10.0. The molecule has 2 nitrogen and oxygen atoms in total. The van der Waals surface area contributed by atoms with Crippen molar-refractivity contribution in [2.75, 3.05) is 5.32 Å². The summed E-state index contributed by atoms with van der Waals surface area (Å²) in [6.07, 6.45) is 10.1. The van der Waals surface area contributed by atoms with Crippen molar-refractivity contribution >= 4 is 21.6 Å². The molecule has 2 rings (SSSR count). The van der Waals surface area contributed by atoms with Crippen LogP contribution in [0.4, 0.5) is 5.69 Å². The minimum Gasteiger partial charge on any atom is -0.378 e. The molecule has 1 heterocycles. The third-order valence-electron chi connectivity index (χ3n) is 3.43. The fourth-order valence-electron chi connectivity index (χ4n) is 2.25. The van der Waals surface area contributed by atoms with Crippen molar-refractivity contribution in [1.82, 2.24) is 4.98 Å². The van der Waals surface area contributed by atoms with E-state index in [0.29, 0.717) is 0 Å². The smallest absolute Gasteiger partial charge is 0.0529 e. The van der Waals surface area contributed by atoms with Crippen LogP contribution in [-0.4, -0.2) is 4.98 Å². The second kappa shape index (κ2) is 7.99. The number of allylic oxidation sites excluding steroid dienone is 2. The van der Waals surface area contributed by atoms with Crippen molar-refractivity contribution in [3.63, 3.8) is 0 Å². The number of hydrogen-bond acceptors (Lipinski definition) is 2. The predicted molar refractivity (Wildman–Crippen MR) is 93.5 cm³/mol. The number of aryl methyl sites for hydroxylation is 1. The van der Waals surface area contributed by atoms with Crippen molar-refractivity contribution in [2.24, 2.45) is 0 Å². The summed E-state index contributed by atoms with van der Waals surface area (Å²) >= 11 is 3.61. The van der Waals surface area contributed by atoms with Crippen molar-refractivity contribution in [3.05, 3.63) is 70.5 Å². The lowest BCUT2D eigenvalue weighted by Gasteiger charge is -2.21. The Morgan fingerprint density at radius 2 is 2.00 bits per heavy atom. The van der Waals surface area contributed by atoms with Gasteiger partial charge in [-0.1, -0.05) is 29.8 Å². The number of aromatic nitrogens is 1. The van der Waals surface area contributed by atoms with Crippen LogP contribution in [0.2, 0.25) is 0 Å². The average Bonchev–Trinajstić information content (AvgIpc) is 2.49. The molecule has 0 aliphatic heterocycles. The number of nitrogens with one attached hydrogen (secondary N) is 1. The van der Waals surface area contributed by atoms with E-state index in [1.807, 2.05) is 12.4 Å². The summed E-state index contributed by atoms with van der Waals surface area (Å²) in [6, 6.07) is 10.9. The van der Waals surface area contributed by atoms with Gasteiger partial charge in [-0.05, 0) is 66.4 Å². The van der Waals surface area contributed by atoms with Crippen LogP contribution in [0.1, 0.15) is 36.9 Å². The zero-order valence-electron chi connectivity index (χ0n) is 12.5. The van der Waals surface area contributed by atoms with E-state index in [4.69, 9.17) is 0 Å². The van der Waals surface area contributed by atoms with Gasteiger partial charge in [-0.25, -0.2) is 0 Å². The van der Waals surface area contributed by atoms with Crippen LogP contribution in [0, 0.1) is 6.92 Å². The highest BCUT2D eigenvalue weighted by Crippen LogP contribution is 2.29. The maximum atomic E-state index is 4.15. The van der Waals surface area contributed by atoms with Gasteiger partial charge in [-0.2, -0.15) is 0 Å². The Hall–Kier alpha value is -1.61. The topological polar surface area (TPSA) is 24.9 Å². The number of pyridine rings is 1. The predicted octanol–water partition coefficient (Wildman–Crippen LogP) is 5.66. The molecule has 0 spiro atoms. The number of anilines is 1. The molecule has 0 radical (unpaired) electrons. The van der Waals surface area contributed by atoms with Gasteiger partial charge in [-0.15, -0.1) is 0 Å². The maximum absolute atomic E-state index is 4.15. The monoisotopic (exact) mass is 344 g/mol. The van der Waals surface area contributed by atoms with E-state index in [1.54, 1.807) is 0 Å². The molecule has 1 aromatic heterocycles. The van der Waals surface area contributed by atoms with E-state index in [1.165, 1.54) is 11.1 Å². The number of rotatable bonds is 6. The zero-order valence-corrected chi connectivity index (χ0v) is 14.1. The van der Waals surface area contributed by atoms with E-state index in [0.717, 1.165) is 23.0 Å². The van der Waals surface area contributed by atoms with E-state index >= 15 is 0 Å². The third-order valence-corrected chi connectivity index (χ3v) is 4.09. The highest BCUT2D eigenvalue weighted by Gasteiger charge is 2.13. The van der Waals surface area contributed by atoms with Gasteiger partial charge in [-0.3, -0.25) is 4.98 Å². The molecule has 0 amide bonds. The Labute approximate surface area is 135 Å². The van der Waals surface area contributed by atoms with Crippen LogP contribution < -0.4 is 5.32 Å². The van der Waals surface area contributed by atoms with Crippen molar-refractivity contribution in [1.29, 1.82) is 0 Å². The fraction of sp³-hybridized carbons (Fsp3) is 0.278. The lowest BCUT2D eigenvalue weighted by molar-refractivity contribution is 0.700. The molecule has 0 bridgehead atoms. The normalized spacial score (nSPS) is 12.5. The van der Waals surface area contributed by atoms with Gasteiger partial charge in [0.2, 0.25) is 0 Å². The molecule has 0 saturated carbocycles. The van der Waals surface area contributed by atoms with Gasteiger partial charge in [0.15, 0.2) is 0 Å². The molecule has 1 aromatic carbocycles. The largest absolute Gasteiger partial charge is 0.378 e. The first kappa shape index (κ1) is 15.8. The van der Waals surface area contributed by atoms with Crippen LogP contribution in [0.25, 0.3) is 0 Å². The average molecular weight is 345 g/mol. The number of hydrogen-bond donors (Lipinski definition) is 1. The molecule has 0 saturated heterocycles. The van der Waals surface area contributed by atoms with E-state index in [-0.39, 0.29) is 6.04 Å². The minimum absolute atomic E-state index is 0.265. The summed E-state index contributed by atoms with van der Waals surface area (Å²) in [5.74, 6) is 0. The molecule has 1 unspecified atom stereocenters. The summed E-state index contributed by atoms with van der Waals surface area (Å²) in [4.78, 5) is 4.15. The summed E-state index contributed by atoms with van der Waals surface area (Å²) in [5, 5.41) is 3.63. The zero-order chi connectivity index (χ0) is 15.1. The quantitative estimate of drug-likeness (QED) is 0.683. The lowest BCUT2D eigenvalue weighted by Crippen LogP contribution is -2.11. The maximum Gasteiger partial charge on any atom is 0.0529 e. The number of halogens is 1. The molecule has 2 aromatic rings. The Morgan fingerprint density at radius 1 is 1.24 bits per heavy atom. The van der Waals surface area contributed by atoms with Crippen molar-refractivity contribution < 1.29 is 0 Å². The van der Waals surface area contributed by atoms with Crippen molar-refractivity contribution in [2.45, 2.75) is 32.7 Å². The SMILES string of the molecule is CC=CCCC(Nc1ccc(C)cc1)c1ccncc1Br. The Balaban J connectivity index is 2.19. The molecule has 1 atom stereocenters. The van der Waals surface area contributed by atoms with Gasteiger partial charge < -0.3 is 5.32 Å². The summed E-state index contributed by atoms with van der Waals surface area (Å²) in [6.45, 7) is 4.16. The van der Waals surface area contributed by atoms with Gasteiger partial charge in [0.1, 0.15) is 0 Å².